The number of ether oxygens (including phenoxy) is 1. The van der Waals surface area contributed by atoms with Crippen LogP contribution >= 0.6 is 27.7 Å². The second-order valence-corrected chi connectivity index (χ2v) is 6.94. The number of hydrogen-bond acceptors (Lipinski definition) is 3. The minimum Gasteiger partial charge on any atom is -0.487 e. The minimum absolute atomic E-state index is 0.120. The first-order valence-electron chi connectivity index (χ1n) is 5.93. The molecule has 2 aliphatic rings. The molecule has 92 valence electrons. The first-order valence-corrected chi connectivity index (χ1v) is 7.88. The van der Waals surface area contributed by atoms with E-state index in [1.54, 1.807) is 0 Å². The molecule has 1 aromatic rings. The summed E-state index contributed by atoms with van der Waals surface area (Å²) in [5.41, 5.74) is 0.800. The van der Waals surface area contributed by atoms with Gasteiger partial charge in [-0.05, 0) is 42.5 Å². The fourth-order valence-corrected chi connectivity index (χ4v) is 4.28. The Labute approximate surface area is 114 Å². The van der Waals surface area contributed by atoms with E-state index in [0.29, 0.717) is 0 Å². The van der Waals surface area contributed by atoms with Crippen LogP contribution in [0.3, 0.4) is 0 Å². The summed E-state index contributed by atoms with van der Waals surface area (Å²) in [6, 6.07) is 5.90. The van der Waals surface area contributed by atoms with Crippen molar-refractivity contribution in [3.63, 3.8) is 0 Å². The van der Waals surface area contributed by atoms with E-state index in [4.69, 9.17) is 4.74 Å². The van der Waals surface area contributed by atoms with Crippen LogP contribution < -0.4 is 4.74 Å². The minimum atomic E-state index is -0.389. The molecule has 0 aliphatic carbocycles. The molecule has 0 amide bonds. The maximum atomic E-state index is 10.3. The lowest BCUT2D eigenvalue weighted by atomic mass is 9.84. The van der Waals surface area contributed by atoms with Gasteiger partial charge in [-0.1, -0.05) is 15.9 Å². The fraction of sp³-hybridized carbons (Fsp3) is 0.538. The first kappa shape index (κ1) is 11.9. The van der Waals surface area contributed by atoms with Crippen molar-refractivity contribution in [1.29, 1.82) is 0 Å². The van der Waals surface area contributed by atoms with Crippen LogP contribution in [0.25, 0.3) is 0 Å². The van der Waals surface area contributed by atoms with E-state index in [2.05, 4.69) is 15.9 Å². The van der Waals surface area contributed by atoms with Crippen molar-refractivity contribution in [1.82, 2.24) is 0 Å². The maximum absolute atomic E-state index is 10.3. The highest BCUT2D eigenvalue weighted by Gasteiger charge is 2.41. The third-order valence-electron chi connectivity index (χ3n) is 3.63. The summed E-state index contributed by atoms with van der Waals surface area (Å²) in [5.74, 6) is 3.14. The molecule has 2 aliphatic heterocycles. The molecule has 1 unspecified atom stereocenters. The Morgan fingerprint density at radius 1 is 1.35 bits per heavy atom. The van der Waals surface area contributed by atoms with Gasteiger partial charge in [0.25, 0.3) is 0 Å². The molecule has 4 heteroatoms. The molecule has 1 N–H and O–H groups in total. The predicted octanol–water partition coefficient (Wildman–Crippen LogP) is 3.53. The van der Waals surface area contributed by atoms with Gasteiger partial charge in [-0.2, -0.15) is 11.8 Å². The van der Waals surface area contributed by atoms with E-state index in [1.807, 2.05) is 30.0 Å². The number of halogens is 1. The Hall–Kier alpha value is -0.190. The second kappa shape index (κ2) is 4.48. The molecule has 1 atom stereocenters. The maximum Gasteiger partial charge on any atom is 0.126 e. The van der Waals surface area contributed by atoms with Crippen LogP contribution in [0.5, 0.6) is 5.75 Å². The summed E-state index contributed by atoms with van der Waals surface area (Å²) in [7, 11) is 0. The largest absolute Gasteiger partial charge is 0.487 e. The summed E-state index contributed by atoms with van der Waals surface area (Å²) in [6.07, 6.45) is 2.44. The van der Waals surface area contributed by atoms with Gasteiger partial charge in [0.15, 0.2) is 0 Å². The molecule has 0 aromatic heterocycles. The van der Waals surface area contributed by atoms with Gasteiger partial charge in [-0.25, -0.2) is 0 Å². The normalized spacial score (nSPS) is 26.4. The Kier molecular flexibility index (Phi) is 3.13. The van der Waals surface area contributed by atoms with Crippen LogP contribution in [0.15, 0.2) is 22.7 Å². The SMILES string of the molecule is OC1CC2(CCSCC2)Oc2ccc(Br)cc21. The zero-order valence-electron chi connectivity index (χ0n) is 9.49. The van der Waals surface area contributed by atoms with E-state index in [9.17, 15) is 5.11 Å². The Balaban J connectivity index is 1.94. The van der Waals surface area contributed by atoms with Crippen molar-refractivity contribution in [3.05, 3.63) is 28.2 Å². The number of hydrogen-bond donors (Lipinski definition) is 1. The standard InChI is InChI=1S/C13H15BrO2S/c14-9-1-2-12-10(7-9)11(15)8-13(16-12)3-5-17-6-4-13/h1-2,7,11,15H,3-6,8H2. The smallest absolute Gasteiger partial charge is 0.126 e. The van der Waals surface area contributed by atoms with Gasteiger partial charge in [-0.15, -0.1) is 0 Å². The molecule has 2 nitrogen and oxygen atoms in total. The van der Waals surface area contributed by atoms with E-state index >= 15 is 0 Å². The highest BCUT2D eigenvalue weighted by atomic mass is 79.9. The van der Waals surface area contributed by atoms with Crippen molar-refractivity contribution >= 4 is 27.7 Å². The molecule has 17 heavy (non-hydrogen) atoms. The second-order valence-electron chi connectivity index (χ2n) is 4.80. The highest BCUT2D eigenvalue weighted by Crippen LogP contribution is 2.45. The Morgan fingerprint density at radius 2 is 2.12 bits per heavy atom. The molecule has 1 aromatic carbocycles. The summed E-state index contributed by atoms with van der Waals surface area (Å²) >= 11 is 5.41. The van der Waals surface area contributed by atoms with Gasteiger partial charge in [-0.3, -0.25) is 0 Å². The number of aliphatic hydroxyl groups is 1. The van der Waals surface area contributed by atoms with Gasteiger partial charge in [0.05, 0.1) is 6.10 Å². The summed E-state index contributed by atoms with van der Waals surface area (Å²) in [5, 5.41) is 10.3. The predicted molar refractivity (Wildman–Crippen MR) is 73.6 cm³/mol. The Bertz CT molecular complexity index is 429. The van der Waals surface area contributed by atoms with Crippen molar-refractivity contribution in [2.75, 3.05) is 11.5 Å². The summed E-state index contributed by atoms with van der Waals surface area (Å²) < 4.78 is 7.19. The number of rotatable bonds is 0. The van der Waals surface area contributed by atoms with E-state index in [-0.39, 0.29) is 11.7 Å². The summed E-state index contributed by atoms with van der Waals surface area (Å²) in [4.78, 5) is 0. The lowest BCUT2D eigenvalue weighted by Crippen LogP contribution is -2.44. The topological polar surface area (TPSA) is 29.5 Å². The lowest BCUT2D eigenvalue weighted by molar-refractivity contribution is -0.0198. The average Bonchev–Trinajstić information content (AvgIpc) is 2.31. The van der Waals surface area contributed by atoms with Gasteiger partial charge < -0.3 is 9.84 Å². The van der Waals surface area contributed by atoms with Crippen molar-refractivity contribution in [2.45, 2.75) is 31.0 Å². The molecule has 1 spiro atoms. The third-order valence-corrected chi connectivity index (χ3v) is 5.11. The average molecular weight is 315 g/mol. The van der Waals surface area contributed by atoms with Crippen LogP contribution in [-0.2, 0) is 0 Å². The molecule has 1 fully saturated rings. The molecule has 0 bridgehead atoms. The number of thioether (sulfide) groups is 1. The number of aliphatic hydroxyl groups excluding tert-OH is 1. The van der Waals surface area contributed by atoms with Crippen molar-refractivity contribution in [2.24, 2.45) is 0 Å². The third kappa shape index (κ3) is 2.23. The van der Waals surface area contributed by atoms with Crippen LogP contribution in [0, 0.1) is 0 Å². The summed E-state index contributed by atoms with van der Waals surface area (Å²) in [6.45, 7) is 0. The number of fused-ring (bicyclic) bond motifs is 1. The van der Waals surface area contributed by atoms with Gasteiger partial charge in [0, 0.05) is 16.5 Å². The van der Waals surface area contributed by atoms with E-state index in [0.717, 1.165) is 46.6 Å². The van der Waals surface area contributed by atoms with Crippen molar-refractivity contribution in [3.8, 4) is 5.75 Å². The first-order chi connectivity index (χ1) is 8.19. The molecule has 0 radical (unpaired) electrons. The highest BCUT2D eigenvalue weighted by molar-refractivity contribution is 9.10. The molecule has 1 saturated heterocycles. The fourth-order valence-electron chi connectivity index (χ4n) is 2.66. The van der Waals surface area contributed by atoms with E-state index in [1.165, 1.54) is 0 Å². The van der Waals surface area contributed by atoms with Crippen LogP contribution in [0.1, 0.15) is 30.9 Å². The molecule has 0 saturated carbocycles. The lowest BCUT2D eigenvalue weighted by Gasteiger charge is -2.43. The molecule has 2 heterocycles. The van der Waals surface area contributed by atoms with Gasteiger partial charge in [0.1, 0.15) is 11.4 Å². The van der Waals surface area contributed by atoms with E-state index < -0.39 is 0 Å². The zero-order valence-corrected chi connectivity index (χ0v) is 11.9. The van der Waals surface area contributed by atoms with Gasteiger partial charge in [0.2, 0.25) is 0 Å². The monoisotopic (exact) mass is 314 g/mol. The van der Waals surface area contributed by atoms with Gasteiger partial charge >= 0.3 is 0 Å². The zero-order chi connectivity index (χ0) is 11.9. The molecule has 3 rings (SSSR count). The van der Waals surface area contributed by atoms with Crippen LogP contribution in [-0.4, -0.2) is 22.2 Å². The van der Waals surface area contributed by atoms with Crippen molar-refractivity contribution < 1.29 is 9.84 Å². The quantitative estimate of drug-likeness (QED) is 0.794. The number of benzene rings is 1. The Morgan fingerprint density at radius 3 is 2.88 bits per heavy atom. The van der Waals surface area contributed by atoms with Crippen LogP contribution in [0.2, 0.25) is 0 Å². The van der Waals surface area contributed by atoms with Crippen LogP contribution in [0.4, 0.5) is 0 Å². The molecular formula is C13H15BrO2S. The molecular weight excluding hydrogens is 300 g/mol.